The van der Waals surface area contributed by atoms with Crippen LogP contribution in [-0.4, -0.2) is 42.9 Å². The van der Waals surface area contributed by atoms with Crippen LogP contribution in [0, 0.1) is 11.3 Å². The second kappa shape index (κ2) is 3.91. The number of quaternary nitrogens is 1. The molecule has 0 aliphatic heterocycles. The Labute approximate surface area is 65.4 Å². The number of carbonyl (C=O) groups is 1. The van der Waals surface area contributed by atoms with Crippen LogP contribution in [0.25, 0.3) is 0 Å². The summed E-state index contributed by atoms with van der Waals surface area (Å²) in [4.78, 5) is 10.3. The molecule has 0 fully saturated rings. The average molecular weight is 158 g/mol. The topological polar surface area (TPSA) is 73.1 Å². The van der Waals surface area contributed by atoms with Crippen molar-refractivity contribution in [2.24, 2.45) is 0 Å². The van der Waals surface area contributed by atoms with Gasteiger partial charge in [0, 0.05) is 0 Å². The van der Waals surface area contributed by atoms with E-state index >= 15 is 0 Å². The van der Waals surface area contributed by atoms with E-state index in [2.05, 4.69) is 5.32 Å². The number of amides is 1. The fraction of sp³-hybridized carbons (Fsp3) is 0.667. The highest BCUT2D eigenvalue weighted by Gasteiger charge is 2.09. The summed E-state index contributed by atoms with van der Waals surface area (Å²) in [6, 6.07) is 1.41. The van der Waals surface area contributed by atoms with E-state index in [1.54, 1.807) is 14.1 Å². The summed E-state index contributed by atoms with van der Waals surface area (Å²) in [7, 11) is 3.16. The lowest BCUT2D eigenvalue weighted by Gasteiger charge is -2.18. The normalized spacial score (nSPS) is 10.4. The Morgan fingerprint density at radius 1 is 1.73 bits per heavy atom. The van der Waals surface area contributed by atoms with Crippen LogP contribution < -0.4 is 5.32 Å². The third kappa shape index (κ3) is 6.77. The van der Waals surface area contributed by atoms with E-state index in [4.69, 9.17) is 10.5 Å². The fourth-order valence-electron chi connectivity index (χ4n) is 0.483. The standard InChI is InChI=1S/C6H11N3O2/c1-9(2,11)4-3-8-6(10)5-7/h11H,3-4H2,1-2H3/p+1. The van der Waals surface area contributed by atoms with Crippen LogP contribution in [0.4, 0.5) is 0 Å². The number of nitrogens with one attached hydrogen (secondary N) is 1. The quantitative estimate of drug-likeness (QED) is 0.317. The van der Waals surface area contributed by atoms with Crippen LogP contribution in [-0.2, 0) is 4.79 Å². The number of nitriles is 1. The zero-order valence-corrected chi connectivity index (χ0v) is 6.66. The van der Waals surface area contributed by atoms with Gasteiger partial charge in [0.25, 0.3) is 0 Å². The zero-order chi connectivity index (χ0) is 8.91. The highest BCUT2D eigenvalue weighted by molar-refractivity contribution is 5.91. The van der Waals surface area contributed by atoms with Crippen molar-refractivity contribution in [3.63, 3.8) is 0 Å². The maximum Gasteiger partial charge on any atom is 0.322 e. The molecule has 0 aromatic rings. The molecule has 0 atom stereocenters. The Hall–Kier alpha value is -1.12. The molecule has 0 aromatic heterocycles. The van der Waals surface area contributed by atoms with Crippen LogP contribution in [0.5, 0.6) is 0 Å². The van der Waals surface area contributed by atoms with E-state index in [-0.39, 0.29) is 4.65 Å². The third-order valence-corrected chi connectivity index (χ3v) is 1.05. The van der Waals surface area contributed by atoms with E-state index in [9.17, 15) is 4.79 Å². The first-order valence-corrected chi connectivity index (χ1v) is 3.19. The number of rotatable bonds is 3. The van der Waals surface area contributed by atoms with Gasteiger partial charge in [-0.3, -0.25) is 4.79 Å². The second-order valence-electron chi connectivity index (χ2n) is 2.71. The minimum Gasteiger partial charge on any atom is -0.338 e. The Morgan fingerprint density at radius 2 is 2.27 bits per heavy atom. The van der Waals surface area contributed by atoms with Crippen molar-refractivity contribution < 1.29 is 14.6 Å². The Morgan fingerprint density at radius 3 is 2.64 bits per heavy atom. The molecule has 0 unspecified atom stereocenters. The molecular weight excluding hydrogens is 146 g/mol. The second-order valence-corrected chi connectivity index (χ2v) is 2.71. The maximum atomic E-state index is 10.3. The lowest BCUT2D eigenvalue weighted by atomic mass is 10.5. The lowest BCUT2D eigenvalue weighted by Crippen LogP contribution is -2.42. The number of nitrogens with zero attached hydrogens (tertiary/aromatic N) is 2. The highest BCUT2D eigenvalue weighted by atomic mass is 16.5. The van der Waals surface area contributed by atoms with Crippen LogP contribution in [0.3, 0.4) is 0 Å². The maximum absolute atomic E-state index is 10.3. The van der Waals surface area contributed by atoms with Crippen molar-refractivity contribution in [3.05, 3.63) is 0 Å². The molecule has 1 amide bonds. The molecule has 11 heavy (non-hydrogen) atoms. The highest BCUT2D eigenvalue weighted by Crippen LogP contribution is 1.84. The van der Waals surface area contributed by atoms with Gasteiger partial charge in [-0.15, -0.1) is 0 Å². The molecule has 2 N–H and O–H groups in total. The Balaban J connectivity index is 3.45. The van der Waals surface area contributed by atoms with Gasteiger partial charge in [-0.2, -0.15) is 9.91 Å². The number of likely N-dealkylation sites (N-methyl/N-ethyl adjacent to an activating group) is 1. The molecule has 62 valence electrons. The molecule has 0 rings (SSSR count). The van der Waals surface area contributed by atoms with E-state index in [1.165, 1.54) is 6.07 Å². The molecule has 0 heterocycles. The van der Waals surface area contributed by atoms with Crippen LogP contribution in [0.2, 0.25) is 0 Å². The van der Waals surface area contributed by atoms with Gasteiger partial charge in [0.1, 0.15) is 6.54 Å². The summed E-state index contributed by atoms with van der Waals surface area (Å²) in [6.45, 7) is 0.684. The first-order chi connectivity index (χ1) is 4.95. The Kier molecular flexibility index (Phi) is 3.51. The van der Waals surface area contributed by atoms with Crippen molar-refractivity contribution in [1.29, 1.82) is 5.26 Å². The largest absolute Gasteiger partial charge is 0.338 e. The van der Waals surface area contributed by atoms with Gasteiger partial charge in [0.15, 0.2) is 6.07 Å². The Bertz CT molecular complexity index is 177. The summed E-state index contributed by atoms with van der Waals surface area (Å²) >= 11 is 0. The molecule has 0 aliphatic rings. The van der Waals surface area contributed by atoms with Crippen LogP contribution in [0.1, 0.15) is 0 Å². The molecule has 5 nitrogen and oxygen atoms in total. The third-order valence-electron chi connectivity index (χ3n) is 1.05. The van der Waals surface area contributed by atoms with E-state index in [0.29, 0.717) is 13.1 Å². The predicted molar refractivity (Wildman–Crippen MR) is 37.4 cm³/mol. The van der Waals surface area contributed by atoms with Gasteiger partial charge < -0.3 is 5.32 Å². The zero-order valence-electron chi connectivity index (χ0n) is 6.66. The minimum atomic E-state index is -0.668. The van der Waals surface area contributed by atoms with Gasteiger partial charge in [-0.05, 0) is 0 Å². The van der Waals surface area contributed by atoms with Crippen LogP contribution in [0.15, 0.2) is 0 Å². The molecule has 5 heteroatoms. The molecule has 0 aromatic carbocycles. The van der Waals surface area contributed by atoms with Gasteiger partial charge in [0.05, 0.1) is 20.6 Å². The first-order valence-electron chi connectivity index (χ1n) is 3.19. The molecule has 0 saturated carbocycles. The van der Waals surface area contributed by atoms with Crippen molar-refractivity contribution in [2.75, 3.05) is 27.2 Å². The van der Waals surface area contributed by atoms with Crippen molar-refractivity contribution in [2.45, 2.75) is 0 Å². The summed E-state index contributed by atoms with van der Waals surface area (Å²) in [5, 5.41) is 19.5. The van der Waals surface area contributed by atoms with Crippen LogP contribution >= 0.6 is 0 Å². The van der Waals surface area contributed by atoms with Crippen molar-refractivity contribution in [1.82, 2.24) is 5.32 Å². The average Bonchev–Trinajstić information content (AvgIpc) is 1.85. The minimum absolute atomic E-state index is 0.217. The first kappa shape index (κ1) is 9.88. The van der Waals surface area contributed by atoms with Crippen molar-refractivity contribution in [3.8, 4) is 6.07 Å². The number of hydrogen-bond donors (Lipinski definition) is 2. The van der Waals surface area contributed by atoms with Gasteiger partial charge in [-0.25, -0.2) is 5.21 Å². The fourth-order valence-corrected chi connectivity index (χ4v) is 0.483. The molecule has 0 aliphatic carbocycles. The molecule has 0 spiro atoms. The monoisotopic (exact) mass is 158 g/mol. The smallest absolute Gasteiger partial charge is 0.322 e. The summed E-state index contributed by atoms with van der Waals surface area (Å²) < 4.78 is -0.217. The summed E-state index contributed by atoms with van der Waals surface area (Å²) in [5.41, 5.74) is 0. The molecule has 0 saturated heterocycles. The number of carbonyl (C=O) groups excluding carboxylic acids is 1. The number of hydroxylamine groups is 3. The van der Waals surface area contributed by atoms with Gasteiger partial charge in [-0.1, -0.05) is 0 Å². The van der Waals surface area contributed by atoms with E-state index in [1.807, 2.05) is 0 Å². The molecular formula is C6H12N3O2+. The summed E-state index contributed by atoms with van der Waals surface area (Å²) in [5.74, 6) is -0.668. The molecule has 0 radical (unpaired) electrons. The number of hydrogen-bond acceptors (Lipinski definition) is 3. The SMILES string of the molecule is C[N+](C)(O)CCNC(=O)C#N. The lowest BCUT2D eigenvalue weighted by molar-refractivity contribution is -1.07. The van der Waals surface area contributed by atoms with E-state index in [0.717, 1.165) is 0 Å². The van der Waals surface area contributed by atoms with Gasteiger partial charge in [0.2, 0.25) is 0 Å². The van der Waals surface area contributed by atoms with Gasteiger partial charge >= 0.3 is 5.91 Å². The molecule has 0 bridgehead atoms. The predicted octanol–water partition coefficient (Wildman–Crippen LogP) is -0.908. The van der Waals surface area contributed by atoms with E-state index < -0.39 is 5.91 Å². The van der Waals surface area contributed by atoms with Crippen molar-refractivity contribution >= 4 is 5.91 Å². The summed E-state index contributed by atoms with van der Waals surface area (Å²) in [6.07, 6.45) is 0.